The Morgan fingerprint density at radius 3 is 2.31 bits per heavy atom. The molecule has 0 saturated heterocycles. The maximum Gasteiger partial charge on any atom is 0.337 e. The lowest BCUT2D eigenvalue weighted by Gasteiger charge is -2.19. The third kappa shape index (κ3) is 3.34. The van der Waals surface area contributed by atoms with Gasteiger partial charge in [-0.2, -0.15) is 0 Å². The lowest BCUT2D eigenvalue weighted by molar-refractivity contribution is 0.637. The zero-order valence-electron chi connectivity index (χ0n) is 17.0. The number of anilines is 2. The molecule has 0 spiro atoms. The van der Waals surface area contributed by atoms with Crippen molar-refractivity contribution < 1.29 is 0 Å². The highest BCUT2D eigenvalue weighted by Gasteiger charge is 2.30. The zero-order valence-corrected chi connectivity index (χ0v) is 18.5. The molecule has 2 aromatic heterocycles. The topological polar surface area (TPSA) is 78.0 Å². The summed E-state index contributed by atoms with van der Waals surface area (Å²) in [5.41, 5.74) is 0.252. The molecule has 2 heterocycles. The van der Waals surface area contributed by atoms with Gasteiger partial charge >= 0.3 is 5.69 Å². The summed E-state index contributed by atoms with van der Waals surface area (Å²) >= 11 is 12.3. The van der Waals surface area contributed by atoms with Crippen LogP contribution < -0.4 is 22.1 Å². The molecule has 1 N–H and O–H groups in total. The summed E-state index contributed by atoms with van der Waals surface area (Å²) in [4.78, 5) is 39.9. The van der Waals surface area contributed by atoms with Crippen LogP contribution in [0.15, 0.2) is 69.0 Å². The van der Waals surface area contributed by atoms with Gasteiger partial charge in [-0.25, -0.2) is 9.36 Å². The number of pyridine rings is 1. The van der Waals surface area contributed by atoms with Crippen LogP contribution in [-0.2, 0) is 7.05 Å². The van der Waals surface area contributed by atoms with E-state index in [0.29, 0.717) is 21.4 Å². The standard InChI is InChI=1S/C23H18Cl2N4O3/c1-27-19(30)12-18(26-17-10-7-13(24)11-16(17)25)20-21(27)28(14-5-3-2-4-6-14)23(32)29(22(20)31)15-8-9-15/h2-7,10-12,15,26H,8-9H2,1H3. The second-order valence-electron chi connectivity index (χ2n) is 7.76. The third-order valence-electron chi connectivity index (χ3n) is 5.58. The number of halogens is 2. The normalized spacial score (nSPS) is 13.5. The van der Waals surface area contributed by atoms with Crippen LogP contribution in [0.1, 0.15) is 18.9 Å². The minimum atomic E-state index is -0.465. The average Bonchev–Trinajstić information content (AvgIpc) is 3.59. The Bertz CT molecular complexity index is 1550. The molecule has 1 fully saturated rings. The smallest absolute Gasteiger partial charge is 0.337 e. The Labute approximate surface area is 192 Å². The first-order valence-electron chi connectivity index (χ1n) is 10.1. The molecule has 0 radical (unpaired) electrons. The van der Waals surface area contributed by atoms with Crippen LogP contribution in [0.2, 0.25) is 10.0 Å². The first-order chi connectivity index (χ1) is 15.4. The lowest BCUT2D eigenvalue weighted by Crippen LogP contribution is -2.41. The molecule has 9 heteroatoms. The number of hydrogen-bond donors (Lipinski definition) is 1. The number of aromatic nitrogens is 3. The molecule has 4 aromatic rings. The minimum absolute atomic E-state index is 0.154. The largest absolute Gasteiger partial charge is 0.353 e. The van der Waals surface area contributed by atoms with E-state index >= 15 is 0 Å². The van der Waals surface area contributed by atoms with E-state index in [0.717, 1.165) is 12.8 Å². The van der Waals surface area contributed by atoms with Crippen molar-refractivity contribution in [2.75, 3.05) is 5.32 Å². The fourth-order valence-corrected chi connectivity index (χ4v) is 4.32. The summed E-state index contributed by atoms with van der Waals surface area (Å²) in [7, 11) is 1.55. The number of aryl methyl sites for hydroxylation is 1. The van der Waals surface area contributed by atoms with Crippen molar-refractivity contribution in [3.8, 4) is 5.69 Å². The van der Waals surface area contributed by atoms with Gasteiger partial charge in [0.1, 0.15) is 11.0 Å². The molecule has 7 nitrogen and oxygen atoms in total. The van der Waals surface area contributed by atoms with Crippen LogP contribution in [0.5, 0.6) is 0 Å². The van der Waals surface area contributed by atoms with E-state index in [9.17, 15) is 14.4 Å². The van der Waals surface area contributed by atoms with Gasteiger partial charge in [-0.05, 0) is 43.2 Å². The summed E-state index contributed by atoms with van der Waals surface area (Å²) in [6.45, 7) is 0. The molecule has 1 aliphatic rings. The van der Waals surface area contributed by atoms with Crippen molar-refractivity contribution in [2.24, 2.45) is 7.05 Å². The van der Waals surface area contributed by atoms with Crippen LogP contribution in [0.4, 0.5) is 11.4 Å². The molecular weight excluding hydrogens is 451 g/mol. The van der Waals surface area contributed by atoms with Gasteiger partial charge in [-0.15, -0.1) is 0 Å². The molecular formula is C23H18Cl2N4O3. The highest BCUT2D eigenvalue weighted by atomic mass is 35.5. The van der Waals surface area contributed by atoms with Crippen molar-refractivity contribution in [1.29, 1.82) is 0 Å². The average molecular weight is 469 g/mol. The molecule has 32 heavy (non-hydrogen) atoms. The number of nitrogens with one attached hydrogen (secondary N) is 1. The first kappa shape index (κ1) is 20.6. The summed E-state index contributed by atoms with van der Waals surface area (Å²) in [6, 6.07) is 15.0. The SMILES string of the molecule is Cn1c(=O)cc(Nc2ccc(Cl)cc2Cl)c2c(=O)n(C3CC3)c(=O)n(-c3ccccc3)c21. The highest BCUT2D eigenvalue weighted by molar-refractivity contribution is 6.36. The Morgan fingerprint density at radius 1 is 0.938 bits per heavy atom. The van der Waals surface area contributed by atoms with Crippen molar-refractivity contribution in [3.63, 3.8) is 0 Å². The molecule has 0 bridgehead atoms. The van der Waals surface area contributed by atoms with E-state index < -0.39 is 11.2 Å². The van der Waals surface area contributed by atoms with E-state index in [-0.39, 0.29) is 28.3 Å². The van der Waals surface area contributed by atoms with Crippen molar-refractivity contribution >= 4 is 45.6 Å². The summed E-state index contributed by atoms with van der Waals surface area (Å²) in [5.74, 6) is 0. The van der Waals surface area contributed by atoms with Crippen LogP contribution in [0, 0.1) is 0 Å². The predicted octanol–water partition coefficient (Wildman–Crippen LogP) is 4.24. The van der Waals surface area contributed by atoms with Gasteiger partial charge in [0.25, 0.3) is 11.1 Å². The molecule has 0 aliphatic heterocycles. The van der Waals surface area contributed by atoms with E-state index in [2.05, 4.69) is 5.32 Å². The van der Waals surface area contributed by atoms with Gasteiger partial charge in [0.15, 0.2) is 0 Å². The Balaban J connectivity index is 1.90. The van der Waals surface area contributed by atoms with Gasteiger partial charge < -0.3 is 5.32 Å². The maximum absolute atomic E-state index is 13.6. The second-order valence-corrected chi connectivity index (χ2v) is 8.61. The van der Waals surface area contributed by atoms with Gasteiger partial charge in [-0.3, -0.25) is 18.7 Å². The van der Waals surface area contributed by atoms with Gasteiger partial charge in [-0.1, -0.05) is 41.4 Å². The molecule has 0 amide bonds. The number of hydrogen-bond acceptors (Lipinski definition) is 4. The number of para-hydroxylation sites is 1. The monoisotopic (exact) mass is 468 g/mol. The second kappa shape index (κ2) is 7.69. The molecule has 0 unspecified atom stereocenters. The van der Waals surface area contributed by atoms with Gasteiger partial charge in [0.05, 0.1) is 22.1 Å². The third-order valence-corrected chi connectivity index (χ3v) is 6.13. The van der Waals surface area contributed by atoms with E-state index in [1.807, 2.05) is 6.07 Å². The number of nitrogens with zero attached hydrogens (tertiary/aromatic N) is 3. The Kier molecular flexibility index (Phi) is 4.95. The molecule has 162 valence electrons. The van der Waals surface area contributed by atoms with Crippen molar-refractivity contribution in [1.82, 2.24) is 13.7 Å². The molecule has 1 saturated carbocycles. The molecule has 0 atom stereocenters. The van der Waals surface area contributed by atoms with Crippen LogP contribution in [-0.4, -0.2) is 13.7 Å². The fourth-order valence-electron chi connectivity index (χ4n) is 3.86. The van der Waals surface area contributed by atoms with Crippen LogP contribution >= 0.6 is 23.2 Å². The zero-order chi connectivity index (χ0) is 22.6. The molecule has 5 rings (SSSR count). The van der Waals surface area contributed by atoms with Gasteiger partial charge in [0.2, 0.25) is 0 Å². The summed E-state index contributed by atoms with van der Waals surface area (Å²) < 4.78 is 4.02. The first-order valence-corrected chi connectivity index (χ1v) is 10.8. The predicted molar refractivity (Wildman–Crippen MR) is 127 cm³/mol. The summed E-state index contributed by atoms with van der Waals surface area (Å²) in [5, 5.41) is 4.13. The quantitative estimate of drug-likeness (QED) is 0.485. The van der Waals surface area contributed by atoms with Crippen LogP contribution in [0.3, 0.4) is 0 Å². The lowest BCUT2D eigenvalue weighted by atomic mass is 10.2. The fraction of sp³-hybridized carbons (Fsp3) is 0.174. The minimum Gasteiger partial charge on any atom is -0.353 e. The Morgan fingerprint density at radius 2 is 1.66 bits per heavy atom. The van der Waals surface area contributed by atoms with E-state index in [1.54, 1.807) is 49.5 Å². The van der Waals surface area contributed by atoms with Crippen LogP contribution in [0.25, 0.3) is 16.7 Å². The van der Waals surface area contributed by atoms with Crippen molar-refractivity contribution in [2.45, 2.75) is 18.9 Å². The van der Waals surface area contributed by atoms with E-state index in [1.165, 1.54) is 19.8 Å². The van der Waals surface area contributed by atoms with E-state index in [4.69, 9.17) is 23.2 Å². The summed E-state index contributed by atoms with van der Waals surface area (Å²) in [6.07, 6.45) is 1.51. The van der Waals surface area contributed by atoms with Gasteiger partial charge in [0, 0.05) is 24.2 Å². The maximum atomic E-state index is 13.6. The molecule has 1 aliphatic carbocycles. The van der Waals surface area contributed by atoms with Crippen molar-refractivity contribution in [3.05, 3.63) is 95.8 Å². The Hall–Kier alpha value is -3.29. The number of fused-ring (bicyclic) bond motifs is 1. The number of rotatable bonds is 4. The molecule has 2 aromatic carbocycles. The highest BCUT2D eigenvalue weighted by Crippen LogP contribution is 2.34. The number of benzene rings is 2.